The summed E-state index contributed by atoms with van der Waals surface area (Å²) >= 11 is 11.7. The molecular weight excluding hydrogens is 342 g/mol. The lowest BCUT2D eigenvalue weighted by Crippen LogP contribution is -2.48. The van der Waals surface area contributed by atoms with Crippen molar-refractivity contribution < 1.29 is 17.9 Å². The van der Waals surface area contributed by atoms with Gasteiger partial charge in [0, 0.05) is 12.6 Å². The van der Waals surface area contributed by atoms with E-state index in [1.165, 1.54) is 4.31 Å². The Balaban J connectivity index is 2.29. The summed E-state index contributed by atoms with van der Waals surface area (Å²) in [6.45, 7) is 0.0444. The highest BCUT2D eigenvalue weighted by atomic mass is 35.5. The molecule has 2 N–H and O–H groups in total. The van der Waals surface area contributed by atoms with Crippen molar-refractivity contribution >= 4 is 39.1 Å². The van der Waals surface area contributed by atoms with Crippen molar-refractivity contribution in [3.05, 3.63) is 28.0 Å². The van der Waals surface area contributed by atoms with Crippen molar-refractivity contribution in [2.75, 3.05) is 17.9 Å². The second-order valence-corrected chi connectivity index (χ2v) is 7.23. The van der Waals surface area contributed by atoms with E-state index in [4.69, 9.17) is 23.2 Å². The lowest BCUT2D eigenvalue weighted by molar-refractivity contribution is 0.156. The van der Waals surface area contributed by atoms with E-state index in [0.29, 0.717) is 19.4 Å². The number of nitrogens with zero attached hydrogens (tertiary/aromatic N) is 1. The fourth-order valence-corrected chi connectivity index (χ4v) is 4.50. The largest absolute Gasteiger partial charge is 0.395 e. The molecule has 1 aromatic rings. The standard InChI is InChI=1S/C12H15Cl2FN2O3S/c13-10-5-8(15)6-11(14)12(10)16-21(19,20)17-4-2-1-3-9(17)7-18/h5-6,9,16,18H,1-4,7H2. The Bertz CT molecular complexity index is 604. The van der Waals surface area contributed by atoms with E-state index in [0.717, 1.165) is 18.6 Å². The van der Waals surface area contributed by atoms with Crippen LogP contribution in [0.15, 0.2) is 12.1 Å². The number of piperidine rings is 1. The third-order valence-corrected chi connectivity index (χ3v) is 5.49. The van der Waals surface area contributed by atoms with Gasteiger partial charge < -0.3 is 5.11 Å². The molecule has 21 heavy (non-hydrogen) atoms. The first-order valence-corrected chi connectivity index (χ1v) is 8.59. The number of nitrogens with one attached hydrogen (secondary N) is 1. The first kappa shape index (κ1) is 16.8. The van der Waals surface area contributed by atoms with Crippen molar-refractivity contribution in [2.24, 2.45) is 0 Å². The van der Waals surface area contributed by atoms with Gasteiger partial charge >= 0.3 is 10.2 Å². The molecule has 0 radical (unpaired) electrons. The Morgan fingerprint density at radius 2 is 1.95 bits per heavy atom. The van der Waals surface area contributed by atoms with Crippen LogP contribution < -0.4 is 4.72 Å². The Morgan fingerprint density at radius 1 is 1.33 bits per heavy atom. The number of anilines is 1. The highest BCUT2D eigenvalue weighted by Gasteiger charge is 2.32. The van der Waals surface area contributed by atoms with Crippen molar-refractivity contribution in [1.29, 1.82) is 0 Å². The first-order valence-electron chi connectivity index (χ1n) is 6.40. The minimum atomic E-state index is -3.92. The Labute approximate surface area is 132 Å². The van der Waals surface area contributed by atoms with E-state index in [9.17, 15) is 17.9 Å². The van der Waals surface area contributed by atoms with Crippen LogP contribution >= 0.6 is 23.2 Å². The van der Waals surface area contributed by atoms with Crippen LogP contribution in [0.25, 0.3) is 0 Å². The fourth-order valence-electron chi connectivity index (χ4n) is 2.30. The Morgan fingerprint density at radius 3 is 2.52 bits per heavy atom. The monoisotopic (exact) mass is 356 g/mol. The summed E-state index contributed by atoms with van der Waals surface area (Å²) in [6, 6.07) is 1.48. The van der Waals surface area contributed by atoms with Gasteiger partial charge in [-0.1, -0.05) is 29.6 Å². The molecule has 1 fully saturated rings. The maximum absolute atomic E-state index is 13.1. The van der Waals surface area contributed by atoms with Crippen LogP contribution in [0, 0.1) is 5.82 Å². The number of halogens is 3. The van der Waals surface area contributed by atoms with Gasteiger partial charge in [-0.25, -0.2) is 4.39 Å². The van der Waals surface area contributed by atoms with Gasteiger partial charge in [0.2, 0.25) is 0 Å². The molecule has 118 valence electrons. The predicted molar refractivity (Wildman–Crippen MR) is 80.4 cm³/mol. The van der Waals surface area contributed by atoms with Gasteiger partial charge in [0.25, 0.3) is 0 Å². The molecular formula is C12H15Cl2FN2O3S. The topological polar surface area (TPSA) is 69.6 Å². The van der Waals surface area contributed by atoms with Crippen LogP contribution in [-0.2, 0) is 10.2 Å². The quantitative estimate of drug-likeness (QED) is 0.871. The molecule has 2 rings (SSSR count). The number of rotatable bonds is 4. The van der Waals surface area contributed by atoms with Crippen LogP contribution in [0.5, 0.6) is 0 Å². The minimum Gasteiger partial charge on any atom is -0.395 e. The van der Waals surface area contributed by atoms with E-state index in [-0.39, 0.29) is 22.3 Å². The van der Waals surface area contributed by atoms with Gasteiger partial charge in [0.05, 0.1) is 22.3 Å². The number of hydrogen-bond acceptors (Lipinski definition) is 3. The smallest absolute Gasteiger partial charge is 0.302 e. The van der Waals surface area contributed by atoms with Crippen molar-refractivity contribution in [1.82, 2.24) is 4.31 Å². The Kier molecular flexibility index (Phi) is 5.32. The summed E-state index contributed by atoms with van der Waals surface area (Å²) in [5, 5.41) is 9.05. The first-order chi connectivity index (χ1) is 9.85. The highest BCUT2D eigenvalue weighted by Crippen LogP contribution is 2.33. The summed E-state index contributed by atoms with van der Waals surface area (Å²) in [5.74, 6) is -0.654. The number of benzene rings is 1. The van der Waals surface area contributed by atoms with Crippen LogP contribution in [-0.4, -0.2) is 37.0 Å². The molecule has 0 bridgehead atoms. The van der Waals surface area contributed by atoms with E-state index >= 15 is 0 Å². The Hall–Kier alpha value is -0.600. The minimum absolute atomic E-state index is 0.0676. The number of aliphatic hydroxyl groups excluding tert-OH is 1. The molecule has 5 nitrogen and oxygen atoms in total. The average Bonchev–Trinajstić information content (AvgIpc) is 2.43. The van der Waals surface area contributed by atoms with Gasteiger partial charge in [0.15, 0.2) is 0 Å². The lowest BCUT2D eigenvalue weighted by Gasteiger charge is -2.33. The predicted octanol–water partition coefficient (Wildman–Crippen LogP) is 2.64. The van der Waals surface area contributed by atoms with Gasteiger partial charge in [-0.15, -0.1) is 0 Å². The van der Waals surface area contributed by atoms with Gasteiger partial charge in [-0.3, -0.25) is 4.72 Å². The van der Waals surface area contributed by atoms with Crippen molar-refractivity contribution in [2.45, 2.75) is 25.3 Å². The second kappa shape index (κ2) is 6.66. The summed E-state index contributed by atoms with van der Waals surface area (Å²) in [7, 11) is -3.92. The summed E-state index contributed by atoms with van der Waals surface area (Å²) in [6.07, 6.45) is 2.15. The van der Waals surface area contributed by atoms with E-state index in [1.807, 2.05) is 0 Å². The average molecular weight is 357 g/mol. The van der Waals surface area contributed by atoms with Crippen LogP contribution in [0.2, 0.25) is 10.0 Å². The maximum atomic E-state index is 13.1. The molecule has 0 aromatic heterocycles. The molecule has 1 saturated heterocycles. The van der Waals surface area contributed by atoms with Crippen LogP contribution in [0.3, 0.4) is 0 Å². The van der Waals surface area contributed by atoms with E-state index in [1.54, 1.807) is 0 Å². The molecule has 1 heterocycles. The summed E-state index contributed by atoms with van der Waals surface area (Å²) in [5.41, 5.74) is -0.0676. The molecule has 1 unspecified atom stereocenters. The van der Waals surface area contributed by atoms with Gasteiger partial charge in [-0.2, -0.15) is 12.7 Å². The summed E-state index contributed by atoms with van der Waals surface area (Å²) in [4.78, 5) is 0. The van der Waals surface area contributed by atoms with Crippen molar-refractivity contribution in [3.63, 3.8) is 0 Å². The molecule has 0 spiro atoms. The molecule has 0 saturated carbocycles. The van der Waals surface area contributed by atoms with E-state index < -0.39 is 22.1 Å². The van der Waals surface area contributed by atoms with E-state index in [2.05, 4.69) is 4.72 Å². The molecule has 0 amide bonds. The van der Waals surface area contributed by atoms with Crippen LogP contribution in [0.1, 0.15) is 19.3 Å². The SMILES string of the molecule is O=S(=O)(Nc1c(Cl)cc(F)cc1Cl)N1CCCCC1CO. The number of aliphatic hydroxyl groups is 1. The van der Waals surface area contributed by atoms with Crippen molar-refractivity contribution in [3.8, 4) is 0 Å². The molecule has 1 aliphatic rings. The zero-order valence-corrected chi connectivity index (χ0v) is 13.3. The molecule has 1 aromatic carbocycles. The van der Waals surface area contributed by atoms with Crippen LogP contribution in [0.4, 0.5) is 10.1 Å². The van der Waals surface area contributed by atoms with Gasteiger partial charge in [0.1, 0.15) is 5.82 Å². The number of hydrogen-bond donors (Lipinski definition) is 2. The zero-order valence-electron chi connectivity index (χ0n) is 11.0. The lowest BCUT2D eigenvalue weighted by atomic mass is 10.1. The zero-order chi connectivity index (χ0) is 15.6. The molecule has 9 heteroatoms. The van der Waals surface area contributed by atoms with Gasteiger partial charge in [-0.05, 0) is 25.0 Å². The fraction of sp³-hybridized carbons (Fsp3) is 0.500. The maximum Gasteiger partial charge on any atom is 0.302 e. The second-order valence-electron chi connectivity index (χ2n) is 4.79. The third-order valence-electron chi connectivity index (χ3n) is 3.33. The molecule has 0 aliphatic carbocycles. The normalized spacial score (nSPS) is 20.5. The third kappa shape index (κ3) is 3.78. The molecule has 1 atom stereocenters. The molecule has 1 aliphatic heterocycles. The highest BCUT2D eigenvalue weighted by molar-refractivity contribution is 7.90. The summed E-state index contributed by atoms with van der Waals surface area (Å²) < 4.78 is 41.4.